The van der Waals surface area contributed by atoms with E-state index in [1.54, 1.807) is 7.11 Å². The van der Waals surface area contributed by atoms with Crippen LogP contribution in [0.1, 0.15) is 19.4 Å². The first kappa shape index (κ1) is 17.8. The molecule has 0 atom stereocenters. The van der Waals surface area contributed by atoms with Gasteiger partial charge in [0.1, 0.15) is 0 Å². The second-order valence-corrected chi connectivity index (χ2v) is 9.95. The minimum atomic E-state index is -4.30. The number of benzene rings is 2. The van der Waals surface area contributed by atoms with Gasteiger partial charge in [-0.05, 0) is 40.5 Å². The monoisotopic (exact) mass is 338 g/mol. The van der Waals surface area contributed by atoms with E-state index in [1.807, 2.05) is 12.1 Å². The first-order valence-electron chi connectivity index (χ1n) is 7.69. The fourth-order valence-corrected chi connectivity index (χ4v) is 5.79. The fraction of sp³-hybridized carbons (Fsp3) is 0.333. The van der Waals surface area contributed by atoms with Crippen LogP contribution < -0.4 is 5.19 Å². The molecule has 124 valence electrons. The Bertz CT molecular complexity index is 621. The molecular weight excluding hydrogens is 317 g/mol. The molecule has 0 aromatic heterocycles. The van der Waals surface area contributed by atoms with Crippen molar-refractivity contribution in [3.05, 3.63) is 54.1 Å². The molecule has 1 nitrogen and oxygen atoms in total. The van der Waals surface area contributed by atoms with Gasteiger partial charge in [0.2, 0.25) is 8.32 Å². The number of rotatable bonds is 5. The van der Waals surface area contributed by atoms with Crippen LogP contribution >= 0.6 is 0 Å². The SMILES string of the molecule is CC[Si](CC)(OC)c1ccc(-c2ccc(C(F)(F)F)cc2)cc1. The quantitative estimate of drug-likeness (QED) is 0.680. The predicted molar refractivity (Wildman–Crippen MR) is 90.2 cm³/mol. The molecule has 0 spiro atoms. The van der Waals surface area contributed by atoms with Gasteiger partial charge in [-0.2, -0.15) is 13.2 Å². The Morgan fingerprint density at radius 3 is 1.61 bits per heavy atom. The van der Waals surface area contributed by atoms with Crippen LogP contribution in [0.5, 0.6) is 0 Å². The molecule has 5 heteroatoms. The number of alkyl halides is 3. The Morgan fingerprint density at radius 2 is 1.26 bits per heavy atom. The van der Waals surface area contributed by atoms with E-state index in [9.17, 15) is 13.2 Å². The summed E-state index contributed by atoms with van der Waals surface area (Å²) in [4.78, 5) is 0. The lowest BCUT2D eigenvalue weighted by molar-refractivity contribution is -0.137. The topological polar surface area (TPSA) is 9.23 Å². The molecule has 0 N–H and O–H groups in total. The summed E-state index contributed by atoms with van der Waals surface area (Å²) in [6.45, 7) is 4.28. The summed E-state index contributed by atoms with van der Waals surface area (Å²) in [6, 6.07) is 15.3. The largest absolute Gasteiger partial charge is 0.416 e. The minimum Gasteiger partial charge on any atom is -0.416 e. The van der Waals surface area contributed by atoms with Gasteiger partial charge in [-0.25, -0.2) is 0 Å². The van der Waals surface area contributed by atoms with E-state index in [-0.39, 0.29) is 0 Å². The van der Waals surface area contributed by atoms with E-state index in [4.69, 9.17) is 4.43 Å². The lowest BCUT2D eigenvalue weighted by Crippen LogP contribution is -2.48. The van der Waals surface area contributed by atoms with Crippen molar-refractivity contribution in [2.45, 2.75) is 32.1 Å². The molecule has 0 unspecified atom stereocenters. The van der Waals surface area contributed by atoms with E-state index >= 15 is 0 Å². The second kappa shape index (κ2) is 6.89. The van der Waals surface area contributed by atoms with Gasteiger partial charge in [-0.15, -0.1) is 0 Å². The summed E-state index contributed by atoms with van der Waals surface area (Å²) in [5.74, 6) is 0. The van der Waals surface area contributed by atoms with Crippen molar-refractivity contribution in [1.82, 2.24) is 0 Å². The molecule has 0 radical (unpaired) electrons. The zero-order valence-electron chi connectivity index (χ0n) is 13.6. The lowest BCUT2D eigenvalue weighted by atomic mass is 10.0. The average Bonchev–Trinajstić information content (AvgIpc) is 2.57. The van der Waals surface area contributed by atoms with Crippen molar-refractivity contribution >= 4 is 13.5 Å². The summed E-state index contributed by atoms with van der Waals surface area (Å²) < 4.78 is 43.7. The first-order chi connectivity index (χ1) is 10.9. The van der Waals surface area contributed by atoms with Gasteiger partial charge in [0.15, 0.2) is 0 Å². The second-order valence-electron chi connectivity index (χ2n) is 5.56. The highest BCUT2D eigenvalue weighted by atomic mass is 28.4. The van der Waals surface area contributed by atoms with Crippen molar-refractivity contribution < 1.29 is 17.6 Å². The maximum atomic E-state index is 12.6. The normalized spacial score (nSPS) is 12.4. The Hall–Kier alpha value is -1.59. The highest BCUT2D eigenvalue weighted by Crippen LogP contribution is 2.31. The Balaban J connectivity index is 2.29. The van der Waals surface area contributed by atoms with E-state index in [1.165, 1.54) is 17.3 Å². The maximum absolute atomic E-state index is 12.6. The fourth-order valence-electron chi connectivity index (χ4n) is 2.88. The van der Waals surface area contributed by atoms with E-state index < -0.39 is 20.1 Å². The minimum absolute atomic E-state index is 0.624. The molecule has 0 saturated heterocycles. The van der Waals surface area contributed by atoms with Crippen LogP contribution in [0.2, 0.25) is 12.1 Å². The van der Waals surface area contributed by atoms with Gasteiger partial charge < -0.3 is 4.43 Å². The molecule has 0 aliphatic heterocycles. The van der Waals surface area contributed by atoms with Crippen LogP contribution in [0.15, 0.2) is 48.5 Å². The van der Waals surface area contributed by atoms with Gasteiger partial charge in [0.25, 0.3) is 0 Å². The summed E-state index contributed by atoms with van der Waals surface area (Å²) in [5.41, 5.74) is 1.07. The maximum Gasteiger partial charge on any atom is 0.416 e. The lowest BCUT2D eigenvalue weighted by Gasteiger charge is -2.27. The third kappa shape index (κ3) is 3.67. The highest BCUT2D eigenvalue weighted by Gasteiger charge is 2.32. The highest BCUT2D eigenvalue weighted by molar-refractivity contribution is 6.86. The van der Waals surface area contributed by atoms with Crippen molar-refractivity contribution in [3.63, 3.8) is 0 Å². The molecule has 0 amide bonds. The van der Waals surface area contributed by atoms with Crippen molar-refractivity contribution in [2.24, 2.45) is 0 Å². The van der Waals surface area contributed by atoms with Gasteiger partial charge in [0, 0.05) is 7.11 Å². The third-order valence-electron chi connectivity index (χ3n) is 4.49. The predicted octanol–water partition coefficient (Wildman–Crippen LogP) is 5.21. The van der Waals surface area contributed by atoms with Gasteiger partial charge in [-0.1, -0.05) is 50.2 Å². The van der Waals surface area contributed by atoms with Gasteiger partial charge >= 0.3 is 6.18 Å². The average molecular weight is 338 g/mol. The van der Waals surface area contributed by atoms with E-state index in [0.29, 0.717) is 0 Å². The van der Waals surface area contributed by atoms with Crippen LogP contribution in [0.25, 0.3) is 11.1 Å². The first-order valence-corrected chi connectivity index (χ1v) is 10.0. The summed E-state index contributed by atoms with van der Waals surface area (Å²) in [7, 11) is -0.133. The molecule has 2 aromatic rings. The summed E-state index contributed by atoms with van der Waals surface area (Å²) in [6.07, 6.45) is -4.30. The van der Waals surface area contributed by atoms with Crippen LogP contribution in [0.3, 0.4) is 0 Å². The molecule has 0 aliphatic carbocycles. The van der Waals surface area contributed by atoms with Crippen LogP contribution in [-0.4, -0.2) is 15.4 Å². The Morgan fingerprint density at radius 1 is 0.826 bits per heavy atom. The van der Waals surface area contributed by atoms with Crippen molar-refractivity contribution in [3.8, 4) is 11.1 Å². The van der Waals surface area contributed by atoms with E-state index in [2.05, 4.69) is 26.0 Å². The van der Waals surface area contributed by atoms with Crippen LogP contribution in [0, 0.1) is 0 Å². The number of hydrogen-bond acceptors (Lipinski definition) is 1. The van der Waals surface area contributed by atoms with Gasteiger partial charge in [0.05, 0.1) is 5.56 Å². The smallest absolute Gasteiger partial charge is 0.416 e. The third-order valence-corrected chi connectivity index (χ3v) is 8.94. The molecule has 0 fully saturated rings. The Kier molecular flexibility index (Phi) is 5.32. The number of halogens is 3. The summed E-state index contributed by atoms with van der Waals surface area (Å²) >= 11 is 0. The number of hydrogen-bond donors (Lipinski definition) is 0. The summed E-state index contributed by atoms with van der Waals surface area (Å²) in [5, 5.41) is 1.22. The zero-order valence-corrected chi connectivity index (χ0v) is 14.6. The van der Waals surface area contributed by atoms with Gasteiger partial charge in [-0.3, -0.25) is 0 Å². The molecular formula is C18H21F3OSi. The molecule has 2 rings (SSSR count). The van der Waals surface area contributed by atoms with Crippen molar-refractivity contribution in [2.75, 3.05) is 7.11 Å². The van der Waals surface area contributed by atoms with Crippen molar-refractivity contribution in [1.29, 1.82) is 0 Å². The molecule has 0 heterocycles. The van der Waals surface area contributed by atoms with E-state index in [0.717, 1.165) is 35.3 Å². The zero-order chi connectivity index (χ0) is 17.1. The Labute approximate surface area is 136 Å². The molecule has 23 heavy (non-hydrogen) atoms. The van der Waals surface area contributed by atoms with Crippen LogP contribution in [0.4, 0.5) is 13.2 Å². The molecule has 0 aliphatic rings. The molecule has 0 bridgehead atoms. The molecule has 0 saturated carbocycles. The van der Waals surface area contributed by atoms with Crippen LogP contribution in [-0.2, 0) is 10.6 Å². The molecule has 2 aromatic carbocycles. The standard InChI is InChI=1S/C18H21F3OSi/c1-4-23(5-2,22-3)17-12-8-15(9-13-17)14-6-10-16(11-7-14)18(19,20)21/h6-13H,4-5H2,1-3H3.